The summed E-state index contributed by atoms with van der Waals surface area (Å²) in [5.74, 6) is 0.195. The quantitative estimate of drug-likeness (QED) is 0.156. The number of hydrogen-bond donors (Lipinski definition) is 0. The Labute approximate surface area is 376 Å². The summed E-state index contributed by atoms with van der Waals surface area (Å²) in [6.45, 7) is 4.27. The van der Waals surface area contributed by atoms with Crippen LogP contribution in [0.1, 0.15) is 85.5 Å². The number of fused-ring (bicyclic) bond motifs is 8. The first kappa shape index (κ1) is 35.2. The molecule has 0 unspecified atom stereocenters. The molecule has 63 heavy (non-hydrogen) atoms. The summed E-state index contributed by atoms with van der Waals surface area (Å²) in [6, 6.07) is 42.1. The van der Waals surface area contributed by atoms with Crippen LogP contribution in [0.25, 0.3) is 87.9 Å². The number of aromatic nitrogens is 2. The fourth-order valence-corrected chi connectivity index (χ4v) is 10.4. The molecule has 2 saturated carbocycles. The van der Waals surface area contributed by atoms with Gasteiger partial charge in [-0.25, -0.2) is 9.13 Å². The first-order valence-corrected chi connectivity index (χ1v) is 23.1. The van der Waals surface area contributed by atoms with Crippen molar-refractivity contribution in [3.05, 3.63) is 156 Å². The van der Waals surface area contributed by atoms with Crippen molar-refractivity contribution in [2.24, 2.45) is 25.9 Å². The molecule has 0 amide bonds. The van der Waals surface area contributed by atoms with Crippen LogP contribution in [0.15, 0.2) is 143 Å². The molecule has 0 aliphatic heterocycles. The molecule has 0 spiro atoms. The van der Waals surface area contributed by atoms with Gasteiger partial charge in [0.05, 0.1) is 11.1 Å². The molecule has 0 radical (unpaired) electrons. The van der Waals surface area contributed by atoms with Gasteiger partial charge in [-0.15, -0.1) is 0 Å². The minimum absolute atomic E-state index is 0.0925. The van der Waals surface area contributed by atoms with Crippen LogP contribution in [0.5, 0.6) is 0 Å². The standard InChI is InChI=1S/C30H30NO.C29H28NO/c1-20-14-26-27-17-23-10-6-7-11-24(23)18-29(27)32-30(26)19-25(20)28-16-22(12-13-31(28)2)15-21-8-4-3-5-9-21;1-19-13-25-26-16-22-9-5-6-10-23(22)17-28(26)31-29(25)18-24(19)27-15-21(11-12-30(27)2)14-20-7-3-4-8-20/h6-7,10-14,16-19,21H,3-5,8-9,15H2,1-2H3;5-6,9-13,15-18,20H,3-4,7-8,14H2,1-2H3/q2*+1/i15D2;14D2. The highest BCUT2D eigenvalue weighted by Crippen LogP contribution is 2.38. The third-order valence-corrected chi connectivity index (χ3v) is 13.9. The average Bonchev–Trinajstić information content (AvgIpc) is 4.09. The third-order valence-electron chi connectivity index (χ3n) is 13.9. The lowest BCUT2D eigenvalue weighted by Crippen LogP contribution is -2.31. The Bertz CT molecular complexity index is 3540. The first-order valence-electron chi connectivity index (χ1n) is 25.1. The lowest BCUT2D eigenvalue weighted by Gasteiger charge is -2.21. The summed E-state index contributed by atoms with van der Waals surface area (Å²) in [7, 11) is 4.06. The lowest BCUT2D eigenvalue weighted by atomic mass is 9.85. The smallest absolute Gasteiger partial charge is 0.212 e. The van der Waals surface area contributed by atoms with Gasteiger partial charge >= 0.3 is 0 Å². The zero-order valence-corrected chi connectivity index (χ0v) is 36.9. The van der Waals surface area contributed by atoms with Gasteiger partial charge in [-0.2, -0.15) is 0 Å². The summed E-state index contributed by atoms with van der Waals surface area (Å²) in [6.07, 6.45) is 11.0. The van der Waals surface area contributed by atoms with E-state index in [1.54, 1.807) is 0 Å². The number of rotatable bonds is 6. The van der Waals surface area contributed by atoms with E-state index in [0.29, 0.717) is 0 Å². The number of hydrogen-bond acceptors (Lipinski definition) is 2. The largest absolute Gasteiger partial charge is 0.456 e. The number of pyridine rings is 2. The Kier molecular flexibility index (Phi) is 9.20. The van der Waals surface area contributed by atoms with Crippen LogP contribution >= 0.6 is 0 Å². The molecule has 2 fully saturated rings. The Balaban J connectivity index is 0.000000148. The lowest BCUT2D eigenvalue weighted by molar-refractivity contribution is -0.660. The van der Waals surface area contributed by atoms with E-state index < -0.39 is 12.7 Å². The highest BCUT2D eigenvalue weighted by molar-refractivity contribution is 6.12. The number of aryl methyl sites for hydroxylation is 4. The van der Waals surface area contributed by atoms with Gasteiger partial charge in [-0.1, -0.05) is 106 Å². The molecule has 4 aromatic heterocycles. The van der Waals surface area contributed by atoms with Gasteiger partial charge in [0.25, 0.3) is 0 Å². The van der Waals surface area contributed by atoms with Gasteiger partial charge in [0, 0.05) is 51.3 Å². The Morgan fingerprint density at radius 2 is 0.825 bits per heavy atom. The van der Waals surface area contributed by atoms with E-state index >= 15 is 0 Å². The summed E-state index contributed by atoms with van der Waals surface area (Å²) in [4.78, 5) is 0. The second-order valence-electron chi connectivity index (χ2n) is 18.3. The Morgan fingerprint density at radius 1 is 0.460 bits per heavy atom. The fourth-order valence-electron chi connectivity index (χ4n) is 10.4. The van der Waals surface area contributed by atoms with Crippen LogP contribution in [-0.2, 0) is 26.8 Å². The highest BCUT2D eigenvalue weighted by atomic mass is 16.3. The molecule has 4 heterocycles. The first-order chi connectivity index (χ1) is 32.3. The predicted octanol–water partition coefficient (Wildman–Crippen LogP) is 14.9. The van der Waals surface area contributed by atoms with Gasteiger partial charge < -0.3 is 8.83 Å². The molecule has 12 rings (SSSR count). The molecular weight excluding hydrogens is 769 g/mol. The van der Waals surface area contributed by atoms with Gasteiger partial charge in [0.15, 0.2) is 12.4 Å². The van der Waals surface area contributed by atoms with E-state index in [-0.39, 0.29) is 11.8 Å². The topological polar surface area (TPSA) is 34.0 Å². The number of nitrogens with zero attached hydrogens (tertiary/aromatic N) is 2. The number of benzene rings is 6. The number of furan rings is 2. The van der Waals surface area contributed by atoms with Crippen molar-refractivity contribution in [2.75, 3.05) is 0 Å². The maximum atomic E-state index is 8.96. The van der Waals surface area contributed by atoms with Crippen molar-refractivity contribution in [2.45, 2.75) is 84.4 Å². The zero-order chi connectivity index (χ0) is 46.2. The molecule has 314 valence electrons. The maximum Gasteiger partial charge on any atom is 0.212 e. The molecule has 4 heteroatoms. The van der Waals surface area contributed by atoms with Crippen molar-refractivity contribution in [1.29, 1.82) is 0 Å². The van der Waals surface area contributed by atoms with E-state index in [1.165, 1.54) is 28.0 Å². The zero-order valence-electron chi connectivity index (χ0n) is 40.9. The SMILES string of the molecule is [2H]C([2H])(c1cc[n+](C)c(-c2cc3oc4cc5ccccc5cc4c3cc2C)c1)C1CCCC1.[2H]C([2H])(c1cc[n+](C)c(-c2cc3oc4cc5ccccc5cc4c3cc2C)c1)C1CCCCC1. The van der Waals surface area contributed by atoms with Crippen molar-refractivity contribution in [1.82, 2.24) is 0 Å². The molecule has 0 saturated heterocycles. The van der Waals surface area contributed by atoms with Crippen LogP contribution in [0.3, 0.4) is 0 Å². The molecule has 6 aromatic carbocycles. The van der Waals surface area contributed by atoms with Crippen molar-refractivity contribution in [3.63, 3.8) is 0 Å². The predicted molar refractivity (Wildman–Crippen MR) is 261 cm³/mol. The van der Waals surface area contributed by atoms with Crippen LogP contribution in [0.2, 0.25) is 0 Å². The minimum Gasteiger partial charge on any atom is -0.456 e. The van der Waals surface area contributed by atoms with Crippen LogP contribution in [0.4, 0.5) is 0 Å². The molecule has 2 aliphatic rings. The average molecular weight is 831 g/mol. The molecular formula is C59H58N2O2+2. The Morgan fingerprint density at radius 3 is 1.25 bits per heavy atom. The van der Waals surface area contributed by atoms with Crippen molar-refractivity contribution < 1.29 is 23.5 Å². The summed E-state index contributed by atoms with van der Waals surface area (Å²) in [5, 5.41) is 9.29. The molecule has 2 aliphatic carbocycles. The molecule has 10 aromatic rings. The highest BCUT2D eigenvalue weighted by Gasteiger charge is 2.22. The summed E-state index contributed by atoms with van der Waals surface area (Å²) < 4.78 is 52.5. The van der Waals surface area contributed by atoms with Gasteiger partial charge in [-0.3, -0.25) is 0 Å². The van der Waals surface area contributed by atoms with E-state index in [2.05, 4.69) is 126 Å². The molecule has 0 bridgehead atoms. The fraction of sp³-hybridized carbons (Fsp3) is 0.288. The van der Waals surface area contributed by atoms with Crippen LogP contribution in [-0.4, -0.2) is 0 Å². The van der Waals surface area contributed by atoms with Gasteiger partial charge in [0.2, 0.25) is 11.4 Å². The normalized spacial score (nSPS) is 16.4. The third kappa shape index (κ3) is 7.68. The van der Waals surface area contributed by atoms with E-state index in [9.17, 15) is 0 Å². The summed E-state index contributed by atoms with van der Waals surface area (Å²) in [5.41, 5.74) is 11.6. The van der Waals surface area contributed by atoms with E-state index in [0.717, 1.165) is 140 Å². The monoisotopic (exact) mass is 830 g/mol. The van der Waals surface area contributed by atoms with Gasteiger partial charge in [0.1, 0.15) is 36.4 Å². The van der Waals surface area contributed by atoms with Crippen LogP contribution in [0, 0.1) is 25.7 Å². The maximum absolute atomic E-state index is 8.96. The van der Waals surface area contributed by atoms with Gasteiger partial charge in [-0.05, 0) is 131 Å². The summed E-state index contributed by atoms with van der Waals surface area (Å²) >= 11 is 0. The van der Waals surface area contributed by atoms with Crippen molar-refractivity contribution >= 4 is 65.4 Å². The second kappa shape index (κ2) is 16.5. The molecule has 4 nitrogen and oxygen atoms in total. The minimum atomic E-state index is -1.32. The molecule has 0 atom stereocenters. The van der Waals surface area contributed by atoms with Crippen LogP contribution < -0.4 is 9.13 Å². The second-order valence-corrected chi connectivity index (χ2v) is 18.3. The molecule has 0 N–H and O–H groups in total. The van der Waals surface area contributed by atoms with E-state index in [1.807, 2.05) is 44.7 Å². The Hall–Kier alpha value is -6.26. The van der Waals surface area contributed by atoms with E-state index in [4.69, 9.17) is 14.3 Å². The van der Waals surface area contributed by atoms with Crippen molar-refractivity contribution in [3.8, 4) is 22.5 Å².